The number of nitrogens with zero attached hydrogens (tertiary/aromatic N) is 5. The average Bonchev–Trinajstić information content (AvgIpc) is 3.55. The Hall–Kier alpha value is -3.63. The zero-order chi connectivity index (χ0) is 23.5. The molecule has 1 N–H and O–H groups in total. The Morgan fingerprint density at radius 3 is 2.68 bits per heavy atom. The van der Waals surface area contributed by atoms with Crippen molar-refractivity contribution in [2.45, 2.75) is 19.5 Å². The normalized spacial score (nSPS) is 13.7. The van der Waals surface area contributed by atoms with E-state index < -0.39 is 0 Å². The van der Waals surface area contributed by atoms with E-state index in [1.54, 1.807) is 32.1 Å². The summed E-state index contributed by atoms with van der Waals surface area (Å²) < 4.78 is 23.4. The van der Waals surface area contributed by atoms with Gasteiger partial charge in [-0.15, -0.1) is 5.10 Å². The molecule has 0 saturated carbocycles. The van der Waals surface area contributed by atoms with E-state index in [4.69, 9.17) is 23.6 Å². The second-order valence-corrected chi connectivity index (χ2v) is 8.11. The number of anilines is 1. The van der Waals surface area contributed by atoms with Crippen molar-refractivity contribution in [1.29, 1.82) is 0 Å². The van der Waals surface area contributed by atoms with Gasteiger partial charge >= 0.3 is 0 Å². The summed E-state index contributed by atoms with van der Waals surface area (Å²) in [4.78, 5) is 11.8. The van der Waals surface area contributed by atoms with Gasteiger partial charge in [0.2, 0.25) is 11.8 Å². The molecule has 0 spiro atoms. The lowest BCUT2D eigenvalue weighted by Gasteiger charge is -2.29. The maximum atomic E-state index is 5.53. The van der Waals surface area contributed by atoms with Crippen LogP contribution >= 0.6 is 0 Å². The number of benzene rings is 1. The van der Waals surface area contributed by atoms with Crippen molar-refractivity contribution in [2.75, 3.05) is 46.3 Å². The number of aromatic nitrogens is 4. The largest absolute Gasteiger partial charge is 0.493 e. The molecular weight excluding hydrogens is 436 g/mol. The van der Waals surface area contributed by atoms with E-state index in [1.165, 1.54) is 11.1 Å². The van der Waals surface area contributed by atoms with Gasteiger partial charge in [-0.1, -0.05) is 0 Å². The summed E-state index contributed by atoms with van der Waals surface area (Å²) >= 11 is 0. The van der Waals surface area contributed by atoms with E-state index in [2.05, 4.69) is 32.4 Å². The summed E-state index contributed by atoms with van der Waals surface area (Å²) in [6, 6.07) is 7.83. The molecule has 0 amide bonds. The maximum Gasteiger partial charge on any atom is 0.225 e. The first-order valence-corrected chi connectivity index (χ1v) is 11.2. The lowest BCUT2D eigenvalue weighted by Crippen LogP contribution is -2.30. The van der Waals surface area contributed by atoms with Crippen molar-refractivity contribution >= 4 is 11.6 Å². The van der Waals surface area contributed by atoms with Gasteiger partial charge in [-0.25, -0.2) is 9.97 Å². The lowest BCUT2D eigenvalue weighted by atomic mass is 9.98. The minimum absolute atomic E-state index is 0.523. The van der Waals surface area contributed by atoms with Gasteiger partial charge < -0.3 is 23.9 Å². The van der Waals surface area contributed by atoms with Crippen LogP contribution in [0.15, 0.2) is 41.1 Å². The third-order valence-corrected chi connectivity index (χ3v) is 5.96. The molecule has 1 aromatic carbocycles. The fraction of sp³-hybridized carbons (Fsp3) is 0.375. The van der Waals surface area contributed by atoms with Crippen molar-refractivity contribution in [3.05, 3.63) is 53.4 Å². The van der Waals surface area contributed by atoms with Gasteiger partial charge in [0.25, 0.3) is 0 Å². The van der Waals surface area contributed by atoms with Crippen molar-refractivity contribution in [3.8, 4) is 23.1 Å². The van der Waals surface area contributed by atoms with Crippen LogP contribution in [-0.2, 0) is 24.2 Å². The van der Waals surface area contributed by atoms with E-state index >= 15 is 0 Å². The maximum absolute atomic E-state index is 5.53. The van der Waals surface area contributed by atoms with Crippen LogP contribution in [0.3, 0.4) is 0 Å². The molecule has 10 nitrogen and oxygen atoms in total. The van der Waals surface area contributed by atoms with Gasteiger partial charge in [0.15, 0.2) is 22.9 Å². The van der Waals surface area contributed by atoms with Crippen molar-refractivity contribution in [3.63, 3.8) is 0 Å². The Morgan fingerprint density at radius 2 is 1.94 bits per heavy atom. The summed E-state index contributed by atoms with van der Waals surface area (Å²) in [7, 11) is 5.00. The smallest absolute Gasteiger partial charge is 0.225 e. The minimum atomic E-state index is 0.523. The van der Waals surface area contributed by atoms with Crippen molar-refractivity contribution in [2.24, 2.45) is 0 Å². The Morgan fingerprint density at radius 1 is 1.12 bits per heavy atom. The minimum Gasteiger partial charge on any atom is -0.493 e. The number of ether oxygens (including phenoxy) is 3. The fourth-order valence-electron chi connectivity index (χ4n) is 4.24. The molecule has 10 heteroatoms. The number of hydrogen-bond acceptors (Lipinski definition) is 9. The van der Waals surface area contributed by atoms with Crippen LogP contribution in [0.1, 0.15) is 16.7 Å². The standard InChI is InChI=1S/C24H28N6O4/c1-31-10-7-25-24-26-13-18(23-27-22(28-30(23)24)19-5-4-9-34-19)15-29-8-6-16-11-20(32-2)21(33-3)12-17(16)14-29/h4-5,9,11-13H,6-8,10,14-15H2,1-3H3,(H,25,26). The molecule has 34 heavy (non-hydrogen) atoms. The molecule has 0 saturated heterocycles. The predicted molar refractivity (Wildman–Crippen MR) is 126 cm³/mol. The number of nitrogens with one attached hydrogen (secondary N) is 1. The highest BCUT2D eigenvalue weighted by Gasteiger charge is 2.22. The van der Waals surface area contributed by atoms with Gasteiger partial charge in [0.05, 0.1) is 27.1 Å². The monoisotopic (exact) mass is 464 g/mol. The van der Waals surface area contributed by atoms with Crippen molar-refractivity contribution < 1.29 is 18.6 Å². The first kappa shape index (κ1) is 22.2. The molecule has 1 aliphatic heterocycles. The fourth-order valence-corrected chi connectivity index (χ4v) is 4.24. The van der Waals surface area contributed by atoms with Crippen LogP contribution in [0, 0.1) is 0 Å². The predicted octanol–water partition coefficient (Wildman–Crippen LogP) is 3.02. The second kappa shape index (κ2) is 9.70. The zero-order valence-electron chi connectivity index (χ0n) is 19.6. The first-order valence-electron chi connectivity index (χ1n) is 11.2. The Bertz CT molecular complexity index is 1270. The molecule has 0 unspecified atom stereocenters. The van der Waals surface area contributed by atoms with Gasteiger partial charge in [-0.05, 0) is 41.8 Å². The molecular formula is C24H28N6O4. The van der Waals surface area contributed by atoms with Gasteiger partial charge in [0.1, 0.15) is 0 Å². The molecule has 0 atom stereocenters. The van der Waals surface area contributed by atoms with Crippen LogP contribution < -0.4 is 14.8 Å². The molecule has 5 rings (SSSR count). The summed E-state index contributed by atoms with van der Waals surface area (Å²) in [5.74, 6) is 3.27. The van der Waals surface area contributed by atoms with E-state index in [9.17, 15) is 0 Å². The molecule has 178 valence electrons. The highest BCUT2D eigenvalue weighted by atomic mass is 16.5. The quantitative estimate of drug-likeness (QED) is 0.375. The highest BCUT2D eigenvalue weighted by molar-refractivity contribution is 5.58. The van der Waals surface area contributed by atoms with Crippen LogP contribution in [0.5, 0.6) is 11.5 Å². The van der Waals surface area contributed by atoms with E-state index in [-0.39, 0.29) is 0 Å². The number of fused-ring (bicyclic) bond motifs is 2. The Kier molecular flexibility index (Phi) is 6.33. The van der Waals surface area contributed by atoms with Gasteiger partial charge in [-0.2, -0.15) is 4.52 Å². The van der Waals surface area contributed by atoms with E-state index in [0.29, 0.717) is 37.2 Å². The molecule has 4 aromatic rings. The van der Waals surface area contributed by atoms with Crippen molar-refractivity contribution in [1.82, 2.24) is 24.5 Å². The highest BCUT2D eigenvalue weighted by Crippen LogP contribution is 2.33. The summed E-state index contributed by atoms with van der Waals surface area (Å²) in [6.07, 6.45) is 4.42. The molecule has 4 heterocycles. The van der Waals surface area contributed by atoms with Crippen LogP contribution in [-0.4, -0.2) is 65.5 Å². The first-order chi connectivity index (χ1) is 16.7. The van der Waals surface area contributed by atoms with Gasteiger partial charge in [0, 0.05) is 45.0 Å². The molecule has 0 fully saturated rings. The lowest BCUT2D eigenvalue weighted by molar-refractivity contribution is 0.210. The van der Waals surface area contributed by atoms with Gasteiger partial charge in [-0.3, -0.25) is 4.90 Å². The molecule has 0 aliphatic carbocycles. The Labute approximate surface area is 197 Å². The number of furan rings is 1. The third kappa shape index (κ3) is 4.29. The summed E-state index contributed by atoms with van der Waals surface area (Å²) in [5, 5.41) is 7.93. The molecule has 0 bridgehead atoms. The topological polar surface area (TPSA) is 99.2 Å². The zero-order valence-corrected chi connectivity index (χ0v) is 19.6. The number of hydrogen-bond donors (Lipinski definition) is 1. The third-order valence-electron chi connectivity index (χ3n) is 5.96. The SMILES string of the molecule is COCCNc1ncc(CN2CCc3cc(OC)c(OC)cc3C2)c2nc(-c3ccco3)nn12. The van der Waals surface area contributed by atoms with E-state index in [1.807, 2.05) is 18.3 Å². The van der Waals surface area contributed by atoms with Crippen LogP contribution in [0.4, 0.5) is 5.95 Å². The number of rotatable bonds is 9. The Balaban J connectivity index is 1.44. The van der Waals surface area contributed by atoms with Crippen LogP contribution in [0.25, 0.3) is 17.2 Å². The average molecular weight is 465 g/mol. The second-order valence-electron chi connectivity index (χ2n) is 8.11. The summed E-state index contributed by atoms with van der Waals surface area (Å²) in [5.41, 5.74) is 4.27. The number of methoxy groups -OCH3 is 3. The molecule has 1 aliphatic rings. The molecule has 3 aromatic heterocycles. The van der Waals surface area contributed by atoms with Crippen LogP contribution in [0.2, 0.25) is 0 Å². The van der Waals surface area contributed by atoms with E-state index in [0.717, 1.165) is 42.2 Å². The molecule has 0 radical (unpaired) electrons. The summed E-state index contributed by atoms with van der Waals surface area (Å²) in [6.45, 7) is 3.59.